The molecule has 37 heavy (non-hydrogen) atoms. The van der Waals surface area contributed by atoms with Crippen LogP contribution in [0, 0.1) is 6.92 Å². The molecule has 3 heterocycles. The summed E-state index contributed by atoms with van der Waals surface area (Å²) in [6, 6.07) is 13.7. The molecule has 9 heteroatoms. The molecule has 0 aliphatic carbocycles. The SMILES string of the molecule is Cc1cc2cc(Nc3ncnc4ccc(/C(=C\CSCCCN5CCOCC5)C(=O)O)cc34)ccc2[nH]1. The van der Waals surface area contributed by atoms with E-state index in [2.05, 4.69) is 37.3 Å². The molecule has 4 aromatic rings. The Morgan fingerprint density at radius 3 is 2.89 bits per heavy atom. The first kappa shape index (κ1) is 25.3. The van der Waals surface area contributed by atoms with Crippen LogP contribution in [0.5, 0.6) is 0 Å². The van der Waals surface area contributed by atoms with Crippen LogP contribution >= 0.6 is 11.8 Å². The van der Waals surface area contributed by atoms with E-state index in [0.717, 1.165) is 78.2 Å². The van der Waals surface area contributed by atoms with Gasteiger partial charge in [0.2, 0.25) is 0 Å². The molecule has 1 aliphatic rings. The molecule has 1 saturated heterocycles. The number of ether oxygens (including phenoxy) is 1. The topological polar surface area (TPSA) is 103 Å². The highest BCUT2D eigenvalue weighted by atomic mass is 32.2. The number of nitrogens with zero attached hydrogens (tertiary/aromatic N) is 3. The van der Waals surface area contributed by atoms with Crippen LogP contribution in [0.25, 0.3) is 27.4 Å². The summed E-state index contributed by atoms with van der Waals surface area (Å²) in [5.41, 5.74) is 4.77. The first-order chi connectivity index (χ1) is 18.1. The van der Waals surface area contributed by atoms with Gasteiger partial charge in [0, 0.05) is 46.5 Å². The van der Waals surface area contributed by atoms with Crippen molar-refractivity contribution in [2.45, 2.75) is 13.3 Å². The predicted octanol–water partition coefficient (Wildman–Crippen LogP) is 5.09. The fourth-order valence-electron chi connectivity index (χ4n) is 4.59. The maximum Gasteiger partial charge on any atom is 0.335 e. The Balaban J connectivity index is 1.29. The number of thioether (sulfide) groups is 1. The molecule has 2 aromatic heterocycles. The number of morpholine rings is 1. The molecular formula is C28H31N5O3S. The van der Waals surface area contributed by atoms with Crippen LogP contribution in [0.1, 0.15) is 17.7 Å². The maximum atomic E-state index is 12.1. The average molecular weight is 518 g/mol. The fraction of sp³-hybridized carbons (Fsp3) is 0.321. The van der Waals surface area contributed by atoms with Gasteiger partial charge in [-0.15, -0.1) is 0 Å². The molecule has 0 atom stereocenters. The smallest absolute Gasteiger partial charge is 0.335 e. The van der Waals surface area contributed by atoms with Crippen molar-refractivity contribution in [2.24, 2.45) is 0 Å². The van der Waals surface area contributed by atoms with Gasteiger partial charge in [-0.05, 0) is 67.6 Å². The molecular weight excluding hydrogens is 486 g/mol. The highest BCUT2D eigenvalue weighted by Gasteiger charge is 2.14. The molecule has 0 bridgehead atoms. The lowest BCUT2D eigenvalue weighted by molar-refractivity contribution is -0.130. The number of aryl methyl sites for hydroxylation is 1. The number of carboxylic acids is 1. The minimum atomic E-state index is -0.937. The summed E-state index contributed by atoms with van der Waals surface area (Å²) in [5.74, 6) is 1.34. The van der Waals surface area contributed by atoms with Crippen molar-refractivity contribution in [3.8, 4) is 0 Å². The summed E-state index contributed by atoms with van der Waals surface area (Å²) in [7, 11) is 0. The first-order valence-electron chi connectivity index (χ1n) is 12.5. The van der Waals surface area contributed by atoms with Gasteiger partial charge >= 0.3 is 5.97 Å². The first-order valence-corrected chi connectivity index (χ1v) is 13.6. The number of rotatable bonds is 10. The summed E-state index contributed by atoms with van der Waals surface area (Å²) in [5, 5.41) is 15.2. The van der Waals surface area contributed by atoms with E-state index in [-0.39, 0.29) is 0 Å². The van der Waals surface area contributed by atoms with E-state index in [0.29, 0.717) is 22.7 Å². The molecule has 0 amide bonds. The quantitative estimate of drug-likeness (QED) is 0.198. The number of carbonyl (C=O) groups is 1. The summed E-state index contributed by atoms with van der Waals surface area (Å²) in [6.45, 7) is 6.71. The number of aromatic amines is 1. The van der Waals surface area contributed by atoms with Crippen molar-refractivity contribution >= 4 is 56.6 Å². The molecule has 2 aromatic carbocycles. The fourth-order valence-corrected chi connectivity index (χ4v) is 5.37. The maximum absolute atomic E-state index is 12.1. The Labute approximate surface area is 220 Å². The van der Waals surface area contributed by atoms with E-state index in [4.69, 9.17) is 4.74 Å². The van der Waals surface area contributed by atoms with Gasteiger partial charge in [-0.1, -0.05) is 12.1 Å². The molecule has 0 radical (unpaired) electrons. The standard InChI is InChI=1S/C28H31N5O3S/c1-19-15-21-16-22(4-6-25(21)31-19)32-27-24-17-20(3-5-26(24)29-18-30-27)23(28(34)35)7-14-37-13-2-8-33-9-11-36-12-10-33/h3-7,15-18,31H,2,8-14H2,1H3,(H,34,35)(H,29,30,32)/b23-7+. The van der Waals surface area contributed by atoms with Crippen molar-refractivity contribution in [3.63, 3.8) is 0 Å². The van der Waals surface area contributed by atoms with Crippen LogP contribution < -0.4 is 5.32 Å². The number of aromatic nitrogens is 3. The molecule has 192 valence electrons. The Bertz CT molecular complexity index is 1430. The van der Waals surface area contributed by atoms with Crippen molar-refractivity contribution in [1.82, 2.24) is 19.9 Å². The highest BCUT2D eigenvalue weighted by molar-refractivity contribution is 7.99. The van der Waals surface area contributed by atoms with Gasteiger partial charge < -0.3 is 20.1 Å². The van der Waals surface area contributed by atoms with Crippen molar-refractivity contribution in [2.75, 3.05) is 49.7 Å². The summed E-state index contributed by atoms with van der Waals surface area (Å²) >= 11 is 1.76. The van der Waals surface area contributed by atoms with Gasteiger partial charge in [-0.25, -0.2) is 14.8 Å². The van der Waals surface area contributed by atoms with Gasteiger partial charge in [0.1, 0.15) is 12.1 Å². The number of fused-ring (bicyclic) bond motifs is 2. The molecule has 1 fully saturated rings. The van der Waals surface area contributed by atoms with Gasteiger partial charge in [0.15, 0.2) is 0 Å². The van der Waals surface area contributed by atoms with Gasteiger partial charge in [-0.3, -0.25) is 4.90 Å². The molecule has 5 rings (SSSR count). The highest BCUT2D eigenvalue weighted by Crippen LogP contribution is 2.28. The summed E-state index contributed by atoms with van der Waals surface area (Å²) < 4.78 is 5.39. The molecule has 0 spiro atoms. The van der Waals surface area contributed by atoms with Gasteiger partial charge in [0.25, 0.3) is 0 Å². The normalized spacial score (nSPS) is 14.9. The number of aliphatic carboxylic acids is 1. The van der Waals surface area contributed by atoms with E-state index < -0.39 is 5.97 Å². The monoisotopic (exact) mass is 517 g/mol. The van der Waals surface area contributed by atoms with Crippen LogP contribution in [-0.2, 0) is 9.53 Å². The summed E-state index contributed by atoms with van der Waals surface area (Å²) in [4.78, 5) is 26.7. The number of benzene rings is 2. The lowest BCUT2D eigenvalue weighted by Gasteiger charge is -2.26. The lowest BCUT2D eigenvalue weighted by Crippen LogP contribution is -2.36. The molecule has 1 aliphatic heterocycles. The largest absolute Gasteiger partial charge is 0.478 e. The van der Waals surface area contributed by atoms with Crippen LogP contribution in [0.4, 0.5) is 11.5 Å². The molecule has 8 nitrogen and oxygen atoms in total. The van der Waals surface area contributed by atoms with Crippen LogP contribution in [-0.4, -0.2) is 75.3 Å². The zero-order chi connectivity index (χ0) is 25.6. The Hall–Kier alpha value is -3.40. The number of carboxylic acid groups (broad SMARTS) is 1. The number of hydrogen-bond acceptors (Lipinski definition) is 7. The van der Waals surface area contributed by atoms with E-state index >= 15 is 0 Å². The second-order valence-electron chi connectivity index (χ2n) is 9.14. The van der Waals surface area contributed by atoms with Crippen molar-refractivity contribution in [3.05, 3.63) is 66.1 Å². The lowest BCUT2D eigenvalue weighted by atomic mass is 10.0. The van der Waals surface area contributed by atoms with E-state index in [1.807, 2.05) is 43.3 Å². The number of anilines is 2. The van der Waals surface area contributed by atoms with Crippen LogP contribution in [0.2, 0.25) is 0 Å². The van der Waals surface area contributed by atoms with Crippen molar-refractivity contribution in [1.29, 1.82) is 0 Å². The number of H-pyrrole nitrogens is 1. The second kappa shape index (κ2) is 11.8. The number of nitrogens with one attached hydrogen (secondary N) is 2. The minimum Gasteiger partial charge on any atom is -0.478 e. The molecule has 0 saturated carbocycles. The van der Waals surface area contributed by atoms with Crippen molar-refractivity contribution < 1.29 is 14.6 Å². The second-order valence-corrected chi connectivity index (χ2v) is 10.3. The minimum absolute atomic E-state index is 0.293. The Morgan fingerprint density at radius 2 is 2.05 bits per heavy atom. The third kappa shape index (κ3) is 6.30. The molecule has 0 unspecified atom stereocenters. The predicted molar refractivity (Wildman–Crippen MR) is 151 cm³/mol. The zero-order valence-corrected chi connectivity index (χ0v) is 21.7. The number of hydrogen-bond donors (Lipinski definition) is 3. The van der Waals surface area contributed by atoms with E-state index in [1.165, 1.54) is 6.33 Å². The molecule has 3 N–H and O–H groups in total. The van der Waals surface area contributed by atoms with Gasteiger partial charge in [0.05, 0.1) is 24.3 Å². The van der Waals surface area contributed by atoms with Crippen LogP contribution in [0.3, 0.4) is 0 Å². The van der Waals surface area contributed by atoms with Crippen LogP contribution in [0.15, 0.2) is 54.9 Å². The van der Waals surface area contributed by atoms with E-state index in [9.17, 15) is 9.90 Å². The third-order valence-electron chi connectivity index (χ3n) is 6.47. The summed E-state index contributed by atoms with van der Waals surface area (Å²) in [6.07, 6.45) is 4.41. The average Bonchev–Trinajstić information content (AvgIpc) is 3.28. The zero-order valence-electron chi connectivity index (χ0n) is 20.9. The Kier molecular flexibility index (Phi) is 8.03. The third-order valence-corrected chi connectivity index (χ3v) is 7.45. The Morgan fingerprint density at radius 1 is 1.19 bits per heavy atom. The van der Waals surface area contributed by atoms with E-state index in [1.54, 1.807) is 11.8 Å². The van der Waals surface area contributed by atoms with Gasteiger partial charge in [-0.2, -0.15) is 11.8 Å².